The highest BCUT2D eigenvalue weighted by Gasteiger charge is 2.40. The van der Waals surface area contributed by atoms with Crippen LogP contribution in [0.1, 0.15) is 29.8 Å². The van der Waals surface area contributed by atoms with Crippen molar-refractivity contribution in [2.75, 3.05) is 31.2 Å². The van der Waals surface area contributed by atoms with Crippen LogP contribution < -0.4 is 15.1 Å². The Morgan fingerprint density at radius 1 is 1.11 bits per heavy atom. The van der Waals surface area contributed by atoms with Crippen LogP contribution in [0.4, 0.5) is 19.3 Å². The molecule has 0 bridgehead atoms. The van der Waals surface area contributed by atoms with Crippen molar-refractivity contribution in [2.45, 2.75) is 38.3 Å². The molecule has 0 spiro atoms. The number of carbonyl (C=O) groups excluding carboxylic acids is 1. The number of hydrogen-bond donors (Lipinski definition) is 4. The van der Waals surface area contributed by atoms with Crippen LogP contribution in [0.5, 0.6) is 5.75 Å². The van der Waals surface area contributed by atoms with E-state index in [0.717, 1.165) is 18.9 Å². The summed E-state index contributed by atoms with van der Waals surface area (Å²) in [6, 6.07) is 5.79. The minimum absolute atomic E-state index is 0.00104. The van der Waals surface area contributed by atoms with E-state index in [1.165, 1.54) is 38.6 Å². The average Bonchev–Trinajstić information content (AvgIpc) is 2.91. The number of nitrogens with zero attached hydrogens (tertiary/aromatic N) is 3. The minimum atomic E-state index is -4.87. The molecule has 1 aliphatic heterocycles. The molecule has 3 unspecified atom stereocenters. The van der Waals surface area contributed by atoms with E-state index in [1.807, 2.05) is 0 Å². The van der Waals surface area contributed by atoms with Gasteiger partial charge < -0.3 is 38.9 Å². The average molecular weight is 658 g/mol. The highest BCUT2D eigenvalue weighted by molar-refractivity contribution is 7.73. The lowest BCUT2D eigenvalue weighted by Crippen LogP contribution is -2.55. The van der Waals surface area contributed by atoms with E-state index in [1.54, 1.807) is 13.8 Å². The summed E-state index contributed by atoms with van der Waals surface area (Å²) in [5.41, 5.74) is -1.92. The second kappa shape index (κ2) is 12.4. The number of pyridine rings is 1. The number of carboxylic acids is 1. The lowest BCUT2D eigenvalue weighted by Gasteiger charge is -2.40. The predicted octanol–water partition coefficient (Wildman–Crippen LogP) is 3.65. The molecule has 1 aromatic heterocycles. The van der Waals surface area contributed by atoms with E-state index in [4.69, 9.17) is 4.74 Å². The molecule has 238 valence electrons. The van der Waals surface area contributed by atoms with Gasteiger partial charge in [-0.2, -0.15) is 0 Å². The van der Waals surface area contributed by atoms with E-state index in [9.17, 15) is 43.3 Å². The van der Waals surface area contributed by atoms with Crippen molar-refractivity contribution in [2.24, 2.45) is 0 Å². The molecule has 0 aliphatic carbocycles. The van der Waals surface area contributed by atoms with Crippen LogP contribution in [-0.4, -0.2) is 79.1 Å². The van der Waals surface area contributed by atoms with Crippen molar-refractivity contribution in [1.29, 1.82) is 0 Å². The number of aromatic nitrogens is 1. The monoisotopic (exact) mass is 657 g/mol. The molecule has 2 heterocycles. The minimum Gasteiger partial charge on any atom is -0.477 e. The molecule has 1 saturated heterocycles. The van der Waals surface area contributed by atoms with Crippen LogP contribution >= 0.6 is 15.0 Å². The Hall–Kier alpha value is -3.61. The zero-order valence-corrected chi connectivity index (χ0v) is 25.7. The zero-order chi connectivity index (χ0) is 32.7. The van der Waals surface area contributed by atoms with E-state index < -0.39 is 72.2 Å². The first-order valence-corrected chi connectivity index (χ1v) is 17.3. The van der Waals surface area contributed by atoms with Crippen LogP contribution in [0.25, 0.3) is 10.9 Å². The Morgan fingerprint density at radius 2 is 1.75 bits per heavy atom. The summed E-state index contributed by atoms with van der Waals surface area (Å²) in [7, 11) is -9.00. The fraction of sp³-hybridized carbons (Fsp3) is 0.370. The van der Waals surface area contributed by atoms with Gasteiger partial charge in [-0.25, -0.2) is 18.4 Å². The molecule has 13 nitrogen and oxygen atoms in total. The maximum Gasteiger partial charge on any atom is 0.415 e. The normalized spacial score (nSPS) is 17.8. The predicted molar refractivity (Wildman–Crippen MR) is 157 cm³/mol. The van der Waals surface area contributed by atoms with Gasteiger partial charge >= 0.3 is 19.7 Å². The Kier molecular flexibility index (Phi) is 9.39. The molecule has 4 rings (SSSR count). The van der Waals surface area contributed by atoms with Crippen molar-refractivity contribution in [3.8, 4) is 5.75 Å². The van der Waals surface area contributed by atoms with Crippen LogP contribution in [-0.2, 0) is 22.1 Å². The maximum absolute atomic E-state index is 15.8. The third-order valence-corrected chi connectivity index (χ3v) is 11.9. The van der Waals surface area contributed by atoms with Gasteiger partial charge in [0.15, 0.2) is 5.82 Å². The smallest absolute Gasteiger partial charge is 0.415 e. The Morgan fingerprint density at radius 3 is 2.27 bits per heavy atom. The Balaban J connectivity index is 1.50. The lowest BCUT2D eigenvalue weighted by atomic mass is 10.1. The van der Waals surface area contributed by atoms with Crippen LogP contribution in [0.15, 0.2) is 41.3 Å². The number of aryl methyl sites for hydroxylation is 1. The molecule has 44 heavy (non-hydrogen) atoms. The van der Waals surface area contributed by atoms with Crippen molar-refractivity contribution in [3.05, 3.63) is 69.5 Å². The molecule has 1 fully saturated rings. The fourth-order valence-electron chi connectivity index (χ4n) is 5.23. The van der Waals surface area contributed by atoms with Gasteiger partial charge in [-0.05, 0) is 44.0 Å². The summed E-state index contributed by atoms with van der Waals surface area (Å²) in [4.78, 5) is 68.5. The highest BCUT2D eigenvalue weighted by Crippen LogP contribution is 2.61. The lowest BCUT2D eigenvalue weighted by molar-refractivity contribution is 0.0694. The highest BCUT2D eigenvalue weighted by atomic mass is 31.2. The molecule has 3 atom stereocenters. The quantitative estimate of drug-likeness (QED) is 0.259. The van der Waals surface area contributed by atoms with Gasteiger partial charge in [0.05, 0.1) is 10.9 Å². The van der Waals surface area contributed by atoms with Gasteiger partial charge in [-0.1, -0.05) is 12.1 Å². The van der Waals surface area contributed by atoms with Gasteiger partial charge in [0, 0.05) is 45.1 Å². The molecule has 17 heteroatoms. The molecule has 2 aromatic carbocycles. The number of hydrogen-bond acceptors (Lipinski definition) is 7. The number of rotatable bonds is 8. The summed E-state index contributed by atoms with van der Waals surface area (Å²) in [5, 5.41) is 7.15. The number of fused-ring (bicyclic) bond motifs is 1. The number of anilines is 1. The molecular weight excluding hydrogens is 626 g/mol. The van der Waals surface area contributed by atoms with Gasteiger partial charge in [0.25, 0.3) is 0 Å². The van der Waals surface area contributed by atoms with E-state index >= 15 is 8.78 Å². The summed E-state index contributed by atoms with van der Waals surface area (Å²) < 4.78 is 61.4. The Labute approximate surface area is 249 Å². The fourth-order valence-corrected chi connectivity index (χ4v) is 8.46. The molecule has 3 aromatic rings. The summed E-state index contributed by atoms with van der Waals surface area (Å²) in [6.07, 6.45) is -0.114. The van der Waals surface area contributed by atoms with E-state index in [-0.39, 0.29) is 43.9 Å². The number of benzene rings is 2. The zero-order valence-electron chi connectivity index (χ0n) is 23.9. The third kappa shape index (κ3) is 6.72. The number of carbonyl (C=O) groups is 2. The number of halogens is 2. The number of carboxylic acid groups (broad SMARTS) is 1. The SMILES string of the molecule is CCn1cc(C(=O)O)c(=O)c2cc(F)c(N3CCN(C(=O)Oc4ccc(CC(P(C)(=O)O)P(=O)(O)O)cc4)C(C)C3)c(F)c21. The van der Waals surface area contributed by atoms with Crippen LogP contribution in [0.2, 0.25) is 0 Å². The molecule has 0 saturated carbocycles. The van der Waals surface area contributed by atoms with Crippen molar-refractivity contribution in [1.82, 2.24) is 9.47 Å². The van der Waals surface area contributed by atoms with Gasteiger partial charge in [-0.15, -0.1) is 0 Å². The standard InChI is InChI=1S/C27H31F2N3O10P2/c1-4-30-14-19(26(34)35)25(33)18-12-20(28)24(22(29)23(18)30)31-9-10-32(15(2)13-31)27(36)42-17-7-5-16(6-8-17)11-21(43(3,37)38)44(39,40)41/h5-8,12,14-15,21H,4,9-11,13H2,1-3H3,(H,34,35)(H,37,38)(H2,39,40,41). The third-order valence-electron chi connectivity index (χ3n) is 7.47. The van der Waals surface area contributed by atoms with Crippen LogP contribution in [0.3, 0.4) is 0 Å². The second-order valence-corrected chi connectivity index (χ2v) is 15.3. The topological polar surface area (TPSA) is 187 Å². The molecular formula is C27H31F2N3O10P2. The summed E-state index contributed by atoms with van der Waals surface area (Å²) >= 11 is 0. The summed E-state index contributed by atoms with van der Waals surface area (Å²) in [5.74, 6) is -3.50. The molecule has 1 aliphatic rings. The molecule has 4 N–H and O–H groups in total. The van der Waals surface area contributed by atoms with Crippen molar-refractivity contribution in [3.63, 3.8) is 0 Å². The van der Waals surface area contributed by atoms with Gasteiger partial charge in [-0.3, -0.25) is 13.9 Å². The van der Waals surface area contributed by atoms with Gasteiger partial charge in [0.2, 0.25) is 12.8 Å². The first-order valence-electron chi connectivity index (χ1n) is 13.4. The second-order valence-electron chi connectivity index (χ2n) is 10.6. The maximum atomic E-state index is 15.8. The molecule has 0 radical (unpaired) electrons. The molecule has 1 amide bonds. The number of aromatic carboxylic acids is 1. The summed E-state index contributed by atoms with van der Waals surface area (Å²) in [6.45, 7) is 4.27. The largest absolute Gasteiger partial charge is 0.477 e. The Bertz CT molecular complexity index is 1750. The van der Waals surface area contributed by atoms with Crippen molar-refractivity contribution < 1.29 is 52.0 Å². The number of amides is 1. The number of ether oxygens (including phenoxy) is 1. The first-order chi connectivity index (χ1) is 20.4. The van der Waals surface area contributed by atoms with Crippen LogP contribution in [0, 0.1) is 11.6 Å². The first kappa shape index (κ1) is 33.3. The van der Waals surface area contributed by atoms with E-state index in [2.05, 4.69) is 0 Å². The van der Waals surface area contributed by atoms with Gasteiger partial charge in [0.1, 0.15) is 28.2 Å². The van der Waals surface area contributed by atoms with E-state index in [0.29, 0.717) is 5.56 Å². The number of piperazine rings is 1. The van der Waals surface area contributed by atoms with Crippen molar-refractivity contribution >= 4 is 43.6 Å².